The van der Waals surface area contributed by atoms with Crippen LogP contribution in [0.3, 0.4) is 0 Å². The average molecular weight is 317 g/mol. The van der Waals surface area contributed by atoms with Crippen LogP contribution in [0.25, 0.3) is 10.9 Å². The van der Waals surface area contributed by atoms with E-state index >= 15 is 0 Å². The molecule has 1 heterocycles. The van der Waals surface area contributed by atoms with Crippen molar-refractivity contribution in [1.82, 2.24) is 15.3 Å². The molecule has 0 radical (unpaired) electrons. The SMILES string of the molecule is CCCCC[C@H](C)NC(=O)CSc1ncnc2ccccc12. The van der Waals surface area contributed by atoms with E-state index in [9.17, 15) is 4.79 Å². The summed E-state index contributed by atoms with van der Waals surface area (Å²) in [6.07, 6.45) is 6.19. The minimum Gasteiger partial charge on any atom is -0.353 e. The number of rotatable bonds is 8. The van der Waals surface area contributed by atoms with Crippen molar-refractivity contribution < 1.29 is 4.79 Å². The minimum atomic E-state index is 0.0664. The lowest BCUT2D eigenvalue weighted by Crippen LogP contribution is -2.33. The van der Waals surface area contributed by atoms with Crippen LogP contribution in [0.4, 0.5) is 0 Å². The van der Waals surface area contributed by atoms with E-state index in [1.165, 1.54) is 31.0 Å². The van der Waals surface area contributed by atoms with E-state index in [0.29, 0.717) is 5.75 Å². The fourth-order valence-corrected chi connectivity index (χ4v) is 3.12. The number of hydrogen-bond donors (Lipinski definition) is 1. The van der Waals surface area contributed by atoms with E-state index < -0.39 is 0 Å². The maximum Gasteiger partial charge on any atom is 0.230 e. The number of unbranched alkanes of at least 4 members (excludes halogenated alkanes) is 2. The Balaban J connectivity index is 1.85. The van der Waals surface area contributed by atoms with Gasteiger partial charge in [0.2, 0.25) is 5.91 Å². The first-order chi connectivity index (χ1) is 10.7. The van der Waals surface area contributed by atoms with Gasteiger partial charge >= 0.3 is 0 Å². The summed E-state index contributed by atoms with van der Waals surface area (Å²) in [4.78, 5) is 20.5. The van der Waals surface area contributed by atoms with Gasteiger partial charge in [0, 0.05) is 11.4 Å². The Morgan fingerprint density at radius 2 is 2.09 bits per heavy atom. The predicted molar refractivity (Wildman–Crippen MR) is 92.0 cm³/mol. The molecule has 1 aromatic heterocycles. The van der Waals surface area contributed by atoms with Gasteiger partial charge in [-0.3, -0.25) is 4.79 Å². The van der Waals surface area contributed by atoms with Gasteiger partial charge in [0.25, 0.3) is 0 Å². The Kier molecular flexibility index (Phi) is 6.65. The summed E-state index contributed by atoms with van der Waals surface area (Å²) in [5, 5.41) is 4.91. The second kappa shape index (κ2) is 8.73. The first-order valence-corrected chi connectivity index (χ1v) is 8.81. The van der Waals surface area contributed by atoms with Crippen LogP contribution in [-0.2, 0) is 4.79 Å². The Morgan fingerprint density at radius 3 is 2.91 bits per heavy atom. The fourth-order valence-electron chi connectivity index (χ4n) is 2.32. The summed E-state index contributed by atoms with van der Waals surface area (Å²) in [5.41, 5.74) is 0.911. The number of carbonyl (C=O) groups excluding carboxylic acids is 1. The topological polar surface area (TPSA) is 54.9 Å². The molecule has 0 aliphatic heterocycles. The van der Waals surface area contributed by atoms with Crippen molar-refractivity contribution in [3.63, 3.8) is 0 Å². The molecule has 2 rings (SSSR count). The molecule has 1 N–H and O–H groups in total. The van der Waals surface area contributed by atoms with Crippen LogP contribution in [0.2, 0.25) is 0 Å². The summed E-state index contributed by atoms with van der Waals surface area (Å²) >= 11 is 1.47. The Morgan fingerprint density at radius 1 is 1.27 bits per heavy atom. The molecule has 0 aliphatic carbocycles. The van der Waals surface area contributed by atoms with Gasteiger partial charge in [-0.05, 0) is 19.4 Å². The molecule has 1 amide bonds. The number of nitrogens with one attached hydrogen (secondary N) is 1. The predicted octanol–water partition coefficient (Wildman–Crippen LogP) is 3.81. The highest BCUT2D eigenvalue weighted by Gasteiger charge is 2.10. The third-order valence-corrected chi connectivity index (χ3v) is 4.50. The quantitative estimate of drug-likeness (QED) is 0.457. The number of para-hydroxylation sites is 1. The van der Waals surface area contributed by atoms with Gasteiger partial charge in [0.15, 0.2) is 0 Å². The van der Waals surface area contributed by atoms with Crippen molar-refractivity contribution in [3.8, 4) is 0 Å². The first-order valence-electron chi connectivity index (χ1n) is 7.82. The maximum absolute atomic E-state index is 12.0. The third kappa shape index (κ3) is 4.98. The molecule has 0 saturated heterocycles. The van der Waals surface area contributed by atoms with E-state index in [1.54, 1.807) is 6.33 Å². The number of nitrogens with zero attached hydrogens (tertiary/aromatic N) is 2. The summed E-state index contributed by atoms with van der Waals surface area (Å²) in [7, 11) is 0. The number of carbonyl (C=O) groups is 1. The monoisotopic (exact) mass is 317 g/mol. The molecule has 0 saturated carbocycles. The van der Waals surface area contributed by atoms with Crippen LogP contribution >= 0.6 is 11.8 Å². The molecule has 0 aliphatic rings. The molecule has 118 valence electrons. The van der Waals surface area contributed by atoms with Crippen LogP contribution in [-0.4, -0.2) is 27.7 Å². The van der Waals surface area contributed by atoms with Crippen LogP contribution < -0.4 is 5.32 Å². The second-order valence-electron chi connectivity index (χ2n) is 5.45. The molecule has 4 nitrogen and oxygen atoms in total. The van der Waals surface area contributed by atoms with Gasteiger partial charge in [-0.25, -0.2) is 9.97 Å². The highest BCUT2D eigenvalue weighted by molar-refractivity contribution is 8.00. The zero-order chi connectivity index (χ0) is 15.8. The minimum absolute atomic E-state index is 0.0664. The second-order valence-corrected chi connectivity index (χ2v) is 6.41. The molecule has 0 fully saturated rings. The molecule has 0 spiro atoms. The molecule has 1 atom stereocenters. The van der Waals surface area contributed by atoms with E-state index in [4.69, 9.17) is 0 Å². The van der Waals surface area contributed by atoms with Gasteiger partial charge in [-0.1, -0.05) is 56.1 Å². The van der Waals surface area contributed by atoms with Crippen molar-refractivity contribution in [1.29, 1.82) is 0 Å². The lowest BCUT2D eigenvalue weighted by Gasteiger charge is -2.13. The van der Waals surface area contributed by atoms with Gasteiger partial charge in [0.05, 0.1) is 11.3 Å². The van der Waals surface area contributed by atoms with Crippen LogP contribution in [0, 0.1) is 0 Å². The van der Waals surface area contributed by atoms with Crippen molar-refractivity contribution in [2.75, 3.05) is 5.75 Å². The third-order valence-electron chi connectivity index (χ3n) is 3.49. The highest BCUT2D eigenvalue weighted by Crippen LogP contribution is 2.23. The maximum atomic E-state index is 12.0. The van der Waals surface area contributed by atoms with Crippen molar-refractivity contribution in [2.24, 2.45) is 0 Å². The molecular formula is C17H23N3OS. The van der Waals surface area contributed by atoms with Crippen LogP contribution in [0.5, 0.6) is 0 Å². The van der Waals surface area contributed by atoms with Gasteiger partial charge in [0.1, 0.15) is 11.4 Å². The van der Waals surface area contributed by atoms with Crippen LogP contribution in [0.1, 0.15) is 39.5 Å². The Bertz CT molecular complexity index is 612. The molecule has 0 bridgehead atoms. The lowest BCUT2D eigenvalue weighted by atomic mass is 10.1. The highest BCUT2D eigenvalue weighted by atomic mass is 32.2. The smallest absolute Gasteiger partial charge is 0.230 e. The fraction of sp³-hybridized carbons (Fsp3) is 0.471. The Hall–Kier alpha value is -1.62. The zero-order valence-electron chi connectivity index (χ0n) is 13.2. The van der Waals surface area contributed by atoms with E-state index in [-0.39, 0.29) is 11.9 Å². The molecule has 22 heavy (non-hydrogen) atoms. The van der Waals surface area contributed by atoms with Crippen molar-refractivity contribution >= 4 is 28.6 Å². The van der Waals surface area contributed by atoms with E-state index in [2.05, 4.69) is 29.1 Å². The largest absolute Gasteiger partial charge is 0.353 e. The summed E-state index contributed by atoms with van der Waals surface area (Å²) < 4.78 is 0. The first kappa shape index (κ1) is 16.7. The van der Waals surface area contributed by atoms with Gasteiger partial charge in [-0.2, -0.15) is 0 Å². The van der Waals surface area contributed by atoms with Crippen molar-refractivity contribution in [2.45, 2.75) is 50.6 Å². The number of fused-ring (bicyclic) bond motifs is 1. The molecular weight excluding hydrogens is 294 g/mol. The Labute approximate surface area is 136 Å². The number of benzene rings is 1. The average Bonchev–Trinajstić information content (AvgIpc) is 2.53. The molecule has 0 unspecified atom stereocenters. The number of amides is 1. The standard InChI is InChI=1S/C17H23N3OS/c1-3-4-5-8-13(2)20-16(21)11-22-17-14-9-6-7-10-15(14)18-12-19-17/h6-7,9-10,12-13H,3-5,8,11H2,1-2H3,(H,20,21)/t13-/m0/s1. The zero-order valence-corrected chi connectivity index (χ0v) is 14.0. The molecule has 1 aromatic carbocycles. The van der Waals surface area contributed by atoms with Crippen LogP contribution in [0.15, 0.2) is 35.6 Å². The van der Waals surface area contributed by atoms with Gasteiger partial charge in [-0.15, -0.1) is 0 Å². The number of thioether (sulfide) groups is 1. The summed E-state index contributed by atoms with van der Waals surface area (Å²) in [5.74, 6) is 0.454. The lowest BCUT2D eigenvalue weighted by molar-refractivity contribution is -0.119. The number of hydrogen-bond acceptors (Lipinski definition) is 4. The van der Waals surface area contributed by atoms with E-state index in [0.717, 1.165) is 22.3 Å². The normalized spacial score (nSPS) is 12.3. The summed E-state index contributed by atoms with van der Waals surface area (Å²) in [6.45, 7) is 4.25. The van der Waals surface area contributed by atoms with Crippen molar-refractivity contribution in [3.05, 3.63) is 30.6 Å². The molecule has 5 heteroatoms. The van der Waals surface area contributed by atoms with E-state index in [1.807, 2.05) is 24.3 Å². The van der Waals surface area contributed by atoms with Gasteiger partial charge < -0.3 is 5.32 Å². The molecule has 2 aromatic rings. The number of aromatic nitrogens is 2. The summed E-state index contributed by atoms with van der Waals surface area (Å²) in [6, 6.07) is 8.10.